The maximum absolute atomic E-state index is 12.1. The minimum Gasteiger partial charge on any atom is -0.395 e. The van der Waals surface area contributed by atoms with Gasteiger partial charge in [0.15, 0.2) is 5.13 Å². The predicted octanol–water partition coefficient (Wildman–Crippen LogP) is 2.98. The van der Waals surface area contributed by atoms with Gasteiger partial charge in [0.05, 0.1) is 17.2 Å². The first kappa shape index (κ1) is 21.2. The molecule has 1 fully saturated rings. The maximum atomic E-state index is 12.1. The summed E-state index contributed by atoms with van der Waals surface area (Å²) in [4.78, 5) is 29.0. The second-order valence-corrected chi connectivity index (χ2v) is 8.54. The van der Waals surface area contributed by atoms with Gasteiger partial charge < -0.3 is 20.6 Å². The van der Waals surface area contributed by atoms with E-state index in [1.54, 1.807) is 17.5 Å². The van der Waals surface area contributed by atoms with Crippen LogP contribution in [0.4, 0.5) is 16.8 Å². The van der Waals surface area contributed by atoms with E-state index in [4.69, 9.17) is 10.1 Å². The number of nitrogens with zero attached hydrogens (tertiary/aromatic N) is 4. The molecule has 0 aliphatic carbocycles. The molecule has 1 amide bonds. The Morgan fingerprint density at radius 1 is 1.23 bits per heavy atom. The van der Waals surface area contributed by atoms with Crippen LogP contribution in [-0.4, -0.2) is 52.2 Å². The van der Waals surface area contributed by atoms with Crippen LogP contribution in [0, 0.1) is 12.8 Å². The van der Waals surface area contributed by atoms with Gasteiger partial charge in [0, 0.05) is 37.9 Å². The molecule has 8 nitrogen and oxygen atoms in total. The third-order valence-electron chi connectivity index (χ3n) is 5.21. The number of anilines is 3. The summed E-state index contributed by atoms with van der Waals surface area (Å²) in [5, 5.41) is 15.8. The molecule has 9 heteroatoms. The molecule has 3 aromatic heterocycles. The molecule has 1 aliphatic rings. The molecule has 1 saturated heterocycles. The van der Waals surface area contributed by atoms with Crippen molar-refractivity contribution in [2.45, 2.75) is 19.8 Å². The number of hydrogen-bond acceptors (Lipinski definition) is 8. The summed E-state index contributed by atoms with van der Waals surface area (Å²) >= 11 is 1.61. The molecule has 0 bridgehead atoms. The zero-order valence-electron chi connectivity index (χ0n) is 17.4. The molecule has 1 aliphatic heterocycles. The molecule has 4 rings (SSSR count). The van der Waals surface area contributed by atoms with Gasteiger partial charge in [0.25, 0.3) is 0 Å². The number of aromatic nitrogens is 3. The summed E-state index contributed by atoms with van der Waals surface area (Å²) in [7, 11) is 0. The van der Waals surface area contributed by atoms with E-state index >= 15 is 0 Å². The zero-order chi connectivity index (χ0) is 21.6. The number of rotatable bonds is 7. The highest BCUT2D eigenvalue weighted by Gasteiger charge is 2.26. The molecule has 3 N–H and O–H groups in total. The number of pyridine rings is 2. The van der Waals surface area contributed by atoms with Crippen LogP contribution in [0.15, 0.2) is 42.7 Å². The lowest BCUT2D eigenvalue weighted by Crippen LogP contribution is -2.41. The topological polar surface area (TPSA) is 103 Å². The molecule has 162 valence electrons. The van der Waals surface area contributed by atoms with Gasteiger partial charge in [0.1, 0.15) is 11.6 Å². The minimum atomic E-state index is -0.0290. The second kappa shape index (κ2) is 9.84. The van der Waals surface area contributed by atoms with Crippen molar-refractivity contribution in [1.29, 1.82) is 0 Å². The quantitative estimate of drug-likeness (QED) is 0.521. The van der Waals surface area contributed by atoms with E-state index in [1.807, 2.05) is 43.5 Å². The van der Waals surface area contributed by atoms with Crippen LogP contribution in [0.25, 0.3) is 10.6 Å². The van der Waals surface area contributed by atoms with Crippen LogP contribution in [0.1, 0.15) is 18.4 Å². The third-order valence-corrected chi connectivity index (χ3v) is 6.29. The van der Waals surface area contributed by atoms with Gasteiger partial charge in [-0.05, 0) is 49.6 Å². The minimum absolute atomic E-state index is 0.00175. The van der Waals surface area contributed by atoms with Crippen LogP contribution < -0.4 is 15.5 Å². The predicted molar refractivity (Wildman–Crippen MR) is 123 cm³/mol. The van der Waals surface area contributed by atoms with E-state index in [9.17, 15) is 4.79 Å². The first-order chi connectivity index (χ1) is 15.1. The average molecular weight is 439 g/mol. The van der Waals surface area contributed by atoms with E-state index in [0.29, 0.717) is 6.54 Å². The molecule has 0 aromatic carbocycles. The first-order valence-corrected chi connectivity index (χ1v) is 11.2. The summed E-state index contributed by atoms with van der Waals surface area (Å²) in [5.74, 6) is 1.54. The molecule has 0 unspecified atom stereocenters. The Bertz CT molecular complexity index is 1030. The number of aryl methyl sites for hydroxylation is 1. The fourth-order valence-electron chi connectivity index (χ4n) is 3.56. The van der Waals surface area contributed by atoms with E-state index in [-0.39, 0.29) is 18.4 Å². The zero-order valence-corrected chi connectivity index (χ0v) is 18.2. The summed E-state index contributed by atoms with van der Waals surface area (Å²) in [6.45, 7) is 3.89. The van der Waals surface area contributed by atoms with Crippen molar-refractivity contribution >= 4 is 34.0 Å². The summed E-state index contributed by atoms with van der Waals surface area (Å²) < 4.78 is 0. The highest BCUT2D eigenvalue weighted by atomic mass is 32.1. The van der Waals surface area contributed by atoms with Crippen molar-refractivity contribution in [2.24, 2.45) is 5.92 Å². The summed E-state index contributed by atoms with van der Waals surface area (Å²) in [6.07, 6.45) is 5.20. The van der Waals surface area contributed by atoms with Gasteiger partial charge in [-0.3, -0.25) is 4.79 Å². The van der Waals surface area contributed by atoms with Crippen molar-refractivity contribution in [3.8, 4) is 10.6 Å². The maximum Gasteiger partial charge on any atom is 0.223 e. The molecule has 4 heterocycles. The lowest BCUT2D eigenvalue weighted by molar-refractivity contribution is -0.125. The number of hydrogen-bond donors (Lipinski definition) is 3. The second-order valence-electron chi connectivity index (χ2n) is 7.53. The highest BCUT2D eigenvalue weighted by molar-refractivity contribution is 7.18. The van der Waals surface area contributed by atoms with Crippen LogP contribution in [0.3, 0.4) is 0 Å². The molecular weight excluding hydrogens is 412 g/mol. The standard InChI is InChI=1S/C22H26N6O2S/c1-15-5-8-23-20(13-15)27-19-4-2-3-17(26-19)18-14-25-22(31-18)28-10-6-16(7-11-28)21(30)24-9-12-29/h2-5,8,13-14,16,29H,6-7,9-12H2,1H3,(H,24,30)(H,23,26,27). The number of piperidine rings is 1. The third kappa shape index (κ3) is 5.36. The van der Waals surface area contributed by atoms with Crippen LogP contribution >= 0.6 is 11.3 Å². The van der Waals surface area contributed by atoms with E-state index in [1.165, 1.54) is 0 Å². The van der Waals surface area contributed by atoms with E-state index in [2.05, 4.69) is 25.5 Å². The number of carbonyl (C=O) groups is 1. The number of nitrogens with one attached hydrogen (secondary N) is 2. The van der Waals surface area contributed by atoms with Crippen LogP contribution in [0.5, 0.6) is 0 Å². The van der Waals surface area contributed by atoms with Gasteiger partial charge in [0.2, 0.25) is 5.91 Å². The number of thiazole rings is 1. The molecule has 0 spiro atoms. The molecule has 3 aromatic rings. The van der Waals surface area contributed by atoms with Crippen molar-refractivity contribution in [2.75, 3.05) is 36.5 Å². The van der Waals surface area contributed by atoms with Crippen molar-refractivity contribution in [1.82, 2.24) is 20.3 Å². The smallest absolute Gasteiger partial charge is 0.223 e. The first-order valence-electron chi connectivity index (χ1n) is 10.4. The average Bonchev–Trinajstić information content (AvgIpc) is 3.28. The molecular formula is C22H26N6O2S. The van der Waals surface area contributed by atoms with Crippen molar-refractivity contribution in [3.63, 3.8) is 0 Å². The van der Waals surface area contributed by atoms with Gasteiger partial charge in [-0.1, -0.05) is 17.4 Å². The number of amides is 1. The Labute approximate surface area is 185 Å². The van der Waals surface area contributed by atoms with Gasteiger partial charge in [-0.15, -0.1) is 0 Å². The van der Waals surface area contributed by atoms with E-state index in [0.717, 1.165) is 58.8 Å². The molecule has 31 heavy (non-hydrogen) atoms. The van der Waals surface area contributed by atoms with Crippen molar-refractivity contribution < 1.29 is 9.90 Å². The fraction of sp³-hybridized carbons (Fsp3) is 0.364. The SMILES string of the molecule is Cc1ccnc(Nc2cccc(-c3cnc(N4CCC(C(=O)NCCO)CC4)s3)n2)c1. The Hall–Kier alpha value is -3.04. The monoisotopic (exact) mass is 438 g/mol. The Kier molecular flexibility index (Phi) is 6.73. The summed E-state index contributed by atoms with van der Waals surface area (Å²) in [5.41, 5.74) is 2.00. The van der Waals surface area contributed by atoms with Crippen LogP contribution in [0.2, 0.25) is 0 Å². The van der Waals surface area contributed by atoms with Crippen LogP contribution in [-0.2, 0) is 4.79 Å². The largest absolute Gasteiger partial charge is 0.395 e. The Morgan fingerprint density at radius 2 is 2.06 bits per heavy atom. The number of carbonyl (C=O) groups excluding carboxylic acids is 1. The van der Waals surface area contributed by atoms with Crippen molar-refractivity contribution in [3.05, 3.63) is 48.3 Å². The highest BCUT2D eigenvalue weighted by Crippen LogP contribution is 2.33. The Morgan fingerprint density at radius 3 is 2.84 bits per heavy atom. The molecule has 0 radical (unpaired) electrons. The number of aliphatic hydroxyl groups excluding tert-OH is 1. The number of aliphatic hydroxyl groups is 1. The fourth-order valence-corrected chi connectivity index (χ4v) is 4.50. The molecule has 0 atom stereocenters. The van der Waals surface area contributed by atoms with Gasteiger partial charge >= 0.3 is 0 Å². The van der Waals surface area contributed by atoms with Gasteiger partial charge in [-0.25, -0.2) is 15.0 Å². The normalized spacial score (nSPS) is 14.5. The summed E-state index contributed by atoms with van der Waals surface area (Å²) in [6, 6.07) is 9.80. The Balaban J connectivity index is 1.40. The lowest BCUT2D eigenvalue weighted by Gasteiger charge is -2.30. The lowest BCUT2D eigenvalue weighted by atomic mass is 9.96. The van der Waals surface area contributed by atoms with Gasteiger partial charge in [-0.2, -0.15) is 0 Å². The van der Waals surface area contributed by atoms with E-state index < -0.39 is 0 Å². The molecule has 0 saturated carbocycles.